The zero-order chi connectivity index (χ0) is 18.0. The highest BCUT2D eigenvalue weighted by atomic mass is 16.6. The Bertz CT molecular complexity index is 902. The van der Waals surface area contributed by atoms with Gasteiger partial charge < -0.3 is 0 Å². The van der Waals surface area contributed by atoms with Gasteiger partial charge in [0.05, 0.1) is 16.4 Å². The molecule has 2 aromatic rings. The number of hydrogen-bond donors (Lipinski definition) is 2. The van der Waals surface area contributed by atoms with Gasteiger partial charge in [-0.1, -0.05) is 18.2 Å². The normalized spacial score (nSPS) is 19.9. The maximum atomic E-state index is 12.5. The number of aromatic nitrogens is 1. The molecule has 0 unspecified atom stereocenters. The molecular formula is C17H13N4O4+. The van der Waals surface area contributed by atoms with Crippen molar-refractivity contribution in [2.24, 2.45) is 0 Å². The van der Waals surface area contributed by atoms with Crippen molar-refractivity contribution in [3.63, 3.8) is 0 Å². The molecule has 0 saturated carbocycles. The molecule has 3 rings (SSSR count). The second-order valence-corrected chi connectivity index (χ2v) is 5.45. The van der Waals surface area contributed by atoms with Crippen LogP contribution in [-0.4, -0.2) is 22.6 Å². The molecule has 0 radical (unpaired) electrons. The molecule has 1 aromatic heterocycles. The summed E-state index contributed by atoms with van der Waals surface area (Å²) in [5, 5.41) is 20.5. The first-order valence-electron chi connectivity index (χ1n) is 7.38. The fraction of sp³-hybridized carbons (Fsp3) is 0.118. The fourth-order valence-corrected chi connectivity index (χ4v) is 2.90. The summed E-state index contributed by atoms with van der Waals surface area (Å²) in [6.45, 7) is 0. The van der Waals surface area contributed by atoms with Crippen LogP contribution in [0.15, 0.2) is 60.4 Å². The fourth-order valence-electron chi connectivity index (χ4n) is 2.90. The summed E-state index contributed by atoms with van der Waals surface area (Å²) in [6, 6.07) is 10.0. The number of hydrogen-bond acceptors (Lipinski definition) is 5. The SMILES string of the molecule is N=C=C1C(=O)NC(=O)[C@@H]([n+]2ccccc2)[C@@H]1c1ccc([N+](=O)[O-])cc1. The second kappa shape index (κ2) is 6.46. The van der Waals surface area contributed by atoms with Gasteiger partial charge in [-0.3, -0.25) is 30.4 Å². The molecular weight excluding hydrogens is 324 g/mol. The number of nitro benzene ring substituents is 1. The molecule has 2 amide bonds. The number of benzene rings is 1. The molecule has 2 N–H and O–H groups in total. The van der Waals surface area contributed by atoms with Gasteiger partial charge in [-0.2, -0.15) is 4.57 Å². The van der Waals surface area contributed by atoms with E-state index in [1.807, 2.05) is 0 Å². The van der Waals surface area contributed by atoms with E-state index in [4.69, 9.17) is 5.41 Å². The molecule has 1 aliphatic rings. The number of rotatable bonds is 3. The topological polar surface area (TPSA) is 117 Å². The first-order valence-corrected chi connectivity index (χ1v) is 7.38. The minimum Gasteiger partial charge on any atom is -0.286 e. The molecule has 2 heterocycles. The predicted molar refractivity (Wildman–Crippen MR) is 85.9 cm³/mol. The Morgan fingerprint density at radius 1 is 1.12 bits per heavy atom. The molecule has 8 nitrogen and oxygen atoms in total. The maximum absolute atomic E-state index is 12.5. The summed E-state index contributed by atoms with van der Waals surface area (Å²) < 4.78 is 1.63. The van der Waals surface area contributed by atoms with Crippen molar-refractivity contribution >= 4 is 23.4 Å². The zero-order valence-electron chi connectivity index (χ0n) is 12.9. The first kappa shape index (κ1) is 16.2. The van der Waals surface area contributed by atoms with E-state index in [0.717, 1.165) is 0 Å². The third kappa shape index (κ3) is 2.93. The smallest absolute Gasteiger partial charge is 0.286 e. The molecule has 2 atom stereocenters. The second-order valence-electron chi connectivity index (χ2n) is 5.45. The minimum absolute atomic E-state index is 0.00481. The zero-order valence-corrected chi connectivity index (χ0v) is 12.9. The van der Waals surface area contributed by atoms with Crippen molar-refractivity contribution in [3.8, 4) is 0 Å². The van der Waals surface area contributed by atoms with E-state index in [9.17, 15) is 19.7 Å². The van der Waals surface area contributed by atoms with Crippen LogP contribution in [0.1, 0.15) is 17.5 Å². The van der Waals surface area contributed by atoms with Crippen LogP contribution in [-0.2, 0) is 9.59 Å². The van der Waals surface area contributed by atoms with E-state index in [-0.39, 0.29) is 11.3 Å². The molecule has 25 heavy (non-hydrogen) atoms. The lowest BCUT2D eigenvalue weighted by Crippen LogP contribution is -2.57. The van der Waals surface area contributed by atoms with E-state index in [1.165, 1.54) is 24.3 Å². The van der Waals surface area contributed by atoms with Crippen LogP contribution in [0.2, 0.25) is 0 Å². The summed E-state index contributed by atoms with van der Waals surface area (Å²) in [5.74, 6) is 0.149. The number of amides is 2. The molecule has 1 saturated heterocycles. The number of nitrogens with zero attached hydrogens (tertiary/aromatic N) is 2. The van der Waals surface area contributed by atoms with E-state index < -0.39 is 28.7 Å². The minimum atomic E-state index is -0.812. The first-order chi connectivity index (χ1) is 12.0. The van der Waals surface area contributed by atoms with Crippen LogP contribution >= 0.6 is 0 Å². The van der Waals surface area contributed by atoms with Crippen LogP contribution in [0, 0.1) is 15.5 Å². The quantitative estimate of drug-likeness (QED) is 0.217. The molecule has 1 fully saturated rings. The van der Waals surface area contributed by atoms with Crippen molar-refractivity contribution in [1.29, 1.82) is 5.41 Å². The maximum Gasteiger partial charge on any atom is 0.296 e. The van der Waals surface area contributed by atoms with Crippen LogP contribution < -0.4 is 9.88 Å². The molecule has 0 aliphatic carbocycles. The van der Waals surface area contributed by atoms with Gasteiger partial charge in [-0.25, -0.2) is 0 Å². The van der Waals surface area contributed by atoms with Crippen molar-refractivity contribution in [1.82, 2.24) is 5.32 Å². The highest BCUT2D eigenvalue weighted by Crippen LogP contribution is 2.35. The van der Waals surface area contributed by atoms with Gasteiger partial charge in [-0.05, 0) is 11.4 Å². The van der Waals surface area contributed by atoms with Crippen molar-refractivity contribution in [3.05, 3.63) is 76.1 Å². The summed E-state index contributed by atoms with van der Waals surface area (Å²) in [5.41, 5.74) is 0.416. The highest BCUT2D eigenvalue weighted by molar-refractivity contribution is 6.13. The number of carbonyl (C=O) groups excluding carboxylic acids is 2. The number of piperidine rings is 1. The monoisotopic (exact) mass is 337 g/mol. The Hall–Kier alpha value is -3.64. The van der Waals surface area contributed by atoms with Crippen molar-refractivity contribution in [2.75, 3.05) is 0 Å². The van der Waals surface area contributed by atoms with Crippen LogP contribution in [0.4, 0.5) is 5.69 Å². The molecule has 0 bridgehead atoms. The van der Waals surface area contributed by atoms with Gasteiger partial charge >= 0.3 is 0 Å². The van der Waals surface area contributed by atoms with Gasteiger partial charge in [0.2, 0.25) is 6.04 Å². The van der Waals surface area contributed by atoms with Gasteiger partial charge in [0.25, 0.3) is 17.5 Å². The number of nitro groups is 1. The third-order valence-corrected chi connectivity index (χ3v) is 4.03. The number of pyridine rings is 1. The summed E-state index contributed by atoms with van der Waals surface area (Å²) in [7, 11) is 0. The average molecular weight is 337 g/mol. The lowest BCUT2D eigenvalue weighted by atomic mass is 9.81. The van der Waals surface area contributed by atoms with Crippen LogP contribution in [0.5, 0.6) is 0 Å². The van der Waals surface area contributed by atoms with E-state index in [0.29, 0.717) is 5.56 Å². The number of imide groups is 1. The Morgan fingerprint density at radius 2 is 1.76 bits per heavy atom. The van der Waals surface area contributed by atoms with Gasteiger partial charge in [0, 0.05) is 24.3 Å². The largest absolute Gasteiger partial charge is 0.296 e. The highest BCUT2D eigenvalue weighted by Gasteiger charge is 2.47. The lowest BCUT2D eigenvalue weighted by molar-refractivity contribution is -0.711. The van der Waals surface area contributed by atoms with Crippen molar-refractivity contribution in [2.45, 2.75) is 12.0 Å². The Labute approximate surface area is 142 Å². The number of non-ortho nitro benzene ring substituents is 1. The number of carbonyl (C=O) groups is 2. The van der Waals surface area contributed by atoms with Crippen molar-refractivity contribution < 1.29 is 19.1 Å². The van der Waals surface area contributed by atoms with Gasteiger partial charge in [0.15, 0.2) is 12.4 Å². The van der Waals surface area contributed by atoms with Crippen LogP contribution in [0.3, 0.4) is 0 Å². The lowest BCUT2D eigenvalue weighted by Gasteiger charge is -2.27. The summed E-state index contributed by atoms with van der Waals surface area (Å²) in [6.07, 6.45) is 3.36. The Morgan fingerprint density at radius 3 is 2.32 bits per heavy atom. The molecule has 0 spiro atoms. The number of nitrogens with one attached hydrogen (secondary N) is 2. The Kier molecular flexibility index (Phi) is 4.20. The van der Waals surface area contributed by atoms with Crippen LogP contribution in [0.25, 0.3) is 0 Å². The predicted octanol–water partition coefficient (Wildman–Crippen LogP) is 1.04. The summed E-state index contributed by atoms with van der Waals surface area (Å²) >= 11 is 0. The molecule has 124 valence electrons. The van der Waals surface area contributed by atoms with Gasteiger partial charge in [0.1, 0.15) is 0 Å². The molecule has 1 aliphatic heterocycles. The average Bonchev–Trinajstić information content (AvgIpc) is 2.62. The van der Waals surface area contributed by atoms with E-state index in [2.05, 4.69) is 11.2 Å². The molecule has 8 heteroatoms. The third-order valence-electron chi connectivity index (χ3n) is 4.03. The standard InChI is InChI=1S/C17H12N4O4/c18-10-13-14(11-4-6-12(7-5-11)21(24)25)15(17(23)19-16(13)22)20-8-2-1-3-9-20/h1-9,14-15,18H/p+1/t14-,15+/m1/s1. The Balaban J connectivity index is 2.14. The van der Waals surface area contributed by atoms with E-state index in [1.54, 1.807) is 35.2 Å². The summed E-state index contributed by atoms with van der Waals surface area (Å²) in [4.78, 5) is 34.9. The van der Waals surface area contributed by atoms with Gasteiger partial charge in [-0.15, -0.1) is 0 Å². The molecule has 1 aromatic carbocycles. The van der Waals surface area contributed by atoms with E-state index >= 15 is 0 Å².